The lowest BCUT2D eigenvalue weighted by Crippen LogP contribution is -2.45. The van der Waals surface area contributed by atoms with Crippen LogP contribution >= 0.6 is 0 Å². The van der Waals surface area contributed by atoms with Gasteiger partial charge in [-0.3, -0.25) is 5.10 Å². The smallest absolute Gasteiger partial charge is 0.245 e. The fourth-order valence-corrected chi connectivity index (χ4v) is 3.45. The molecule has 0 saturated carbocycles. The van der Waals surface area contributed by atoms with E-state index >= 15 is 0 Å². The van der Waals surface area contributed by atoms with Crippen LogP contribution in [-0.4, -0.2) is 40.9 Å². The summed E-state index contributed by atoms with van der Waals surface area (Å²) in [6, 6.07) is 2.47. The summed E-state index contributed by atoms with van der Waals surface area (Å²) in [7, 11) is 0. The monoisotopic (exact) mass is 273 g/mol. The average Bonchev–Trinajstić information content (AvgIpc) is 3.17. The van der Waals surface area contributed by atoms with Gasteiger partial charge in [0.1, 0.15) is 5.76 Å². The molecule has 2 N–H and O–H groups in total. The first-order chi connectivity index (χ1) is 9.83. The van der Waals surface area contributed by atoms with Crippen LogP contribution in [0.1, 0.15) is 18.6 Å². The van der Waals surface area contributed by atoms with E-state index in [1.807, 2.05) is 13.0 Å². The molecule has 6 nitrogen and oxygen atoms in total. The maximum atomic E-state index is 5.33. The van der Waals surface area contributed by atoms with Gasteiger partial charge in [0.05, 0.1) is 11.8 Å². The maximum absolute atomic E-state index is 5.33. The van der Waals surface area contributed by atoms with Gasteiger partial charge >= 0.3 is 0 Å². The van der Waals surface area contributed by atoms with Crippen LogP contribution in [0.2, 0.25) is 0 Å². The predicted octanol–water partition coefficient (Wildman–Crippen LogP) is 1.56. The number of furan rings is 1. The second-order valence-corrected chi connectivity index (χ2v) is 5.70. The molecule has 2 aromatic rings. The number of hydrogen-bond acceptors (Lipinski definition) is 5. The summed E-state index contributed by atoms with van der Waals surface area (Å²) in [6.45, 7) is 5.15. The lowest BCUT2D eigenvalue weighted by Gasteiger charge is -2.36. The molecule has 20 heavy (non-hydrogen) atoms. The van der Waals surface area contributed by atoms with Gasteiger partial charge in [-0.15, -0.1) is 5.10 Å². The van der Waals surface area contributed by atoms with Crippen molar-refractivity contribution in [3.05, 3.63) is 18.1 Å². The van der Waals surface area contributed by atoms with Crippen LogP contribution in [-0.2, 0) is 0 Å². The average molecular weight is 273 g/mol. The molecule has 4 rings (SSSR count). The molecule has 2 atom stereocenters. The molecule has 2 unspecified atom stereocenters. The summed E-state index contributed by atoms with van der Waals surface area (Å²) in [5, 5.41) is 10.9. The maximum Gasteiger partial charge on any atom is 0.245 e. The molecule has 0 amide bonds. The number of nitrogens with one attached hydrogen (secondary N) is 2. The van der Waals surface area contributed by atoms with Crippen molar-refractivity contribution in [1.29, 1.82) is 0 Å². The van der Waals surface area contributed by atoms with Crippen LogP contribution in [0.25, 0.3) is 11.4 Å². The van der Waals surface area contributed by atoms with E-state index in [-0.39, 0.29) is 0 Å². The van der Waals surface area contributed by atoms with Crippen molar-refractivity contribution >= 4 is 5.95 Å². The van der Waals surface area contributed by atoms with E-state index in [9.17, 15) is 0 Å². The van der Waals surface area contributed by atoms with E-state index in [4.69, 9.17) is 4.42 Å². The van der Waals surface area contributed by atoms with Gasteiger partial charge in [-0.2, -0.15) is 4.98 Å². The van der Waals surface area contributed by atoms with Crippen molar-refractivity contribution in [1.82, 2.24) is 20.5 Å². The molecular weight excluding hydrogens is 254 g/mol. The Morgan fingerprint density at radius 1 is 1.40 bits per heavy atom. The van der Waals surface area contributed by atoms with E-state index < -0.39 is 0 Å². The first kappa shape index (κ1) is 12.0. The van der Waals surface area contributed by atoms with Gasteiger partial charge in [0, 0.05) is 25.7 Å². The van der Waals surface area contributed by atoms with Crippen molar-refractivity contribution in [3.63, 3.8) is 0 Å². The minimum atomic E-state index is 0.540. The third-order valence-corrected chi connectivity index (χ3v) is 4.52. The summed E-state index contributed by atoms with van der Waals surface area (Å²) < 4.78 is 5.33. The molecule has 2 aliphatic rings. The molecule has 4 heterocycles. The molecular formula is C14H19N5O. The fraction of sp³-hybridized carbons (Fsp3) is 0.571. The largest absolute Gasteiger partial charge is 0.469 e. The molecule has 2 aliphatic heterocycles. The zero-order valence-corrected chi connectivity index (χ0v) is 11.6. The van der Waals surface area contributed by atoms with Crippen LogP contribution in [0.3, 0.4) is 0 Å². The third kappa shape index (κ3) is 1.83. The number of anilines is 1. The van der Waals surface area contributed by atoms with Gasteiger partial charge < -0.3 is 14.6 Å². The molecule has 0 spiro atoms. The summed E-state index contributed by atoms with van der Waals surface area (Å²) in [5.41, 5.74) is 0.988. The lowest BCUT2D eigenvalue weighted by molar-refractivity contribution is 0.381. The molecule has 2 saturated heterocycles. The zero-order valence-electron chi connectivity index (χ0n) is 11.6. The van der Waals surface area contributed by atoms with Gasteiger partial charge in [0.25, 0.3) is 0 Å². The van der Waals surface area contributed by atoms with Crippen molar-refractivity contribution < 1.29 is 4.42 Å². The standard InChI is InChI=1S/C14H19N5O/c1-9-11(4-6-20-9)13-16-14(18-17-13)19-5-2-3-10-7-15-8-12(10)19/h4,6,10,12,15H,2-3,5,7-8H2,1H3,(H,16,17,18). The number of fused-ring (bicyclic) bond motifs is 1. The van der Waals surface area contributed by atoms with Crippen molar-refractivity contribution in [3.8, 4) is 11.4 Å². The van der Waals surface area contributed by atoms with E-state index in [1.54, 1.807) is 6.26 Å². The van der Waals surface area contributed by atoms with Crippen molar-refractivity contribution in [2.24, 2.45) is 5.92 Å². The van der Waals surface area contributed by atoms with Crippen LogP contribution in [0.4, 0.5) is 5.95 Å². The molecule has 2 aromatic heterocycles. The second-order valence-electron chi connectivity index (χ2n) is 5.70. The summed E-state index contributed by atoms with van der Waals surface area (Å²) in [4.78, 5) is 7.02. The minimum absolute atomic E-state index is 0.540. The number of aromatic nitrogens is 3. The van der Waals surface area contributed by atoms with E-state index in [1.165, 1.54) is 12.8 Å². The summed E-state index contributed by atoms with van der Waals surface area (Å²) in [6.07, 6.45) is 4.22. The molecule has 106 valence electrons. The highest BCUT2D eigenvalue weighted by molar-refractivity contribution is 5.58. The molecule has 2 fully saturated rings. The van der Waals surface area contributed by atoms with E-state index in [0.29, 0.717) is 6.04 Å². The van der Waals surface area contributed by atoms with Crippen LogP contribution < -0.4 is 10.2 Å². The van der Waals surface area contributed by atoms with Gasteiger partial charge in [0.2, 0.25) is 5.95 Å². The molecule has 0 aromatic carbocycles. The molecule has 0 bridgehead atoms. The summed E-state index contributed by atoms with van der Waals surface area (Å²) in [5.74, 6) is 3.21. The number of nitrogens with zero attached hydrogens (tertiary/aromatic N) is 3. The van der Waals surface area contributed by atoms with E-state index in [2.05, 4.69) is 25.4 Å². The Balaban J connectivity index is 1.63. The number of aromatic amines is 1. The Morgan fingerprint density at radius 2 is 2.35 bits per heavy atom. The van der Waals surface area contributed by atoms with E-state index in [0.717, 1.165) is 48.6 Å². The molecule has 0 radical (unpaired) electrons. The first-order valence-electron chi connectivity index (χ1n) is 7.27. The zero-order chi connectivity index (χ0) is 13.5. The SMILES string of the molecule is Cc1occc1-c1nc(N2CCCC3CNCC32)n[nH]1. The van der Waals surface area contributed by atoms with Crippen molar-refractivity contribution in [2.75, 3.05) is 24.5 Å². The van der Waals surface area contributed by atoms with Gasteiger partial charge in [-0.1, -0.05) is 0 Å². The van der Waals surface area contributed by atoms with Crippen LogP contribution in [0, 0.1) is 12.8 Å². The highest BCUT2D eigenvalue weighted by Crippen LogP contribution is 2.30. The van der Waals surface area contributed by atoms with Gasteiger partial charge in [-0.05, 0) is 31.7 Å². The summed E-state index contributed by atoms with van der Waals surface area (Å²) >= 11 is 0. The second kappa shape index (κ2) is 4.63. The third-order valence-electron chi connectivity index (χ3n) is 4.52. The Bertz CT molecular complexity index is 604. The van der Waals surface area contributed by atoms with Crippen molar-refractivity contribution in [2.45, 2.75) is 25.8 Å². The Labute approximate surface area is 117 Å². The minimum Gasteiger partial charge on any atom is -0.469 e. The highest BCUT2D eigenvalue weighted by Gasteiger charge is 2.36. The van der Waals surface area contributed by atoms with Crippen LogP contribution in [0.5, 0.6) is 0 Å². The number of H-pyrrole nitrogens is 1. The highest BCUT2D eigenvalue weighted by atomic mass is 16.3. The van der Waals surface area contributed by atoms with Crippen LogP contribution in [0.15, 0.2) is 16.7 Å². The quantitative estimate of drug-likeness (QED) is 0.869. The topological polar surface area (TPSA) is 70.0 Å². The van der Waals surface area contributed by atoms with Gasteiger partial charge in [-0.25, -0.2) is 0 Å². The Kier molecular flexibility index (Phi) is 2.77. The fourth-order valence-electron chi connectivity index (χ4n) is 3.45. The number of hydrogen-bond donors (Lipinski definition) is 2. The predicted molar refractivity (Wildman–Crippen MR) is 75.5 cm³/mol. The Hall–Kier alpha value is -1.82. The molecule has 6 heteroatoms. The van der Waals surface area contributed by atoms with Gasteiger partial charge in [0.15, 0.2) is 5.82 Å². The molecule has 0 aliphatic carbocycles. The Morgan fingerprint density at radius 3 is 3.20 bits per heavy atom. The number of piperidine rings is 1. The lowest BCUT2D eigenvalue weighted by atomic mass is 9.92. The first-order valence-corrected chi connectivity index (χ1v) is 7.27. The number of aryl methyl sites for hydroxylation is 1. The number of rotatable bonds is 2. The normalized spacial score (nSPS) is 25.9.